The lowest BCUT2D eigenvalue weighted by atomic mass is 9.82. The molecule has 2 N–H and O–H groups in total. The van der Waals surface area contributed by atoms with Crippen molar-refractivity contribution in [3.8, 4) is 17.2 Å². The van der Waals surface area contributed by atoms with Gasteiger partial charge in [0.05, 0.1) is 19.8 Å². The first kappa shape index (κ1) is 27.7. The molecule has 3 rings (SSSR count). The topological polar surface area (TPSA) is 80.3 Å². The van der Waals surface area contributed by atoms with Gasteiger partial charge in [-0.2, -0.15) is 0 Å². The average molecular weight is 503 g/mol. The highest BCUT2D eigenvalue weighted by atomic mass is 19.1. The van der Waals surface area contributed by atoms with Crippen molar-refractivity contribution < 1.29 is 28.5 Å². The second kappa shape index (κ2) is 14.0. The third kappa shape index (κ3) is 8.38. The number of halogens is 1. The van der Waals surface area contributed by atoms with Gasteiger partial charge in [0.15, 0.2) is 11.6 Å². The third-order valence-electron chi connectivity index (χ3n) is 6.85. The highest BCUT2D eigenvalue weighted by Gasteiger charge is 2.22. The molecule has 0 spiro atoms. The summed E-state index contributed by atoms with van der Waals surface area (Å²) in [5.74, 6) is 1.71. The van der Waals surface area contributed by atoms with E-state index in [-0.39, 0.29) is 18.3 Å². The molecule has 1 amide bonds. The van der Waals surface area contributed by atoms with Gasteiger partial charge in [-0.25, -0.2) is 4.39 Å². The van der Waals surface area contributed by atoms with Gasteiger partial charge in [0.25, 0.3) is 0 Å². The van der Waals surface area contributed by atoms with Gasteiger partial charge in [-0.1, -0.05) is 12.1 Å². The van der Waals surface area contributed by atoms with Crippen LogP contribution in [0.2, 0.25) is 0 Å². The number of carbonyl (C=O) groups is 1. The summed E-state index contributed by atoms with van der Waals surface area (Å²) in [6.07, 6.45) is 4.48. The summed E-state index contributed by atoms with van der Waals surface area (Å²) in [5.41, 5.74) is 1.22. The number of phenols is 1. The van der Waals surface area contributed by atoms with E-state index in [2.05, 4.69) is 5.32 Å². The molecule has 0 atom stereocenters. The Hall–Kier alpha value is -2.84. The fraction of sp³-hybridized carbons (Fsp3) is 0.536. The first-order chi connectivity index (χ1) is 17.4. The number of aromatic hydroxyl groups is 1. The summed E-state index contributed by atoms with van der Waals surface area (Å²) >= 11 is 0. The van der Waals surface area contributed by atoms with Gasteiger partial charge in [0, 0.05) is 39.3 Å². The van der Waals surface area contributed by atoms with E-state index in [1.54, 1.807) is 18.0 Å². The van der Waals surface area contributed by atoms with Crippen molar-refractivity contribution in [2.75, 3.05) is 40.5 Å². The smallest absolute Gasteiger partial charge is 0.219 e. The summed E-state index contributed by atoms with van der Waals surface area (Å²) in [7, 11) is 3.27. The van der Waals surface area contributed by atoms with E-state index in [9.17, 15) is 14.3 Å². The van der Waals surface area contributed by atoms with Gasteiger partial charge >= 0.3 is 0 Å². The van der Waals surface area contributed by atoms with Gasteiger partial charge < -0.3 is 29.5 Å². The molecule has 1 aliphatic carbocycles. The predicted octanol–water partition coefficient (Wildman–Crippen LogP) is 4.51. The number of rotatable bonds is 13. The van der Waals surface area contributed by atoms with Crippen LogP contribution in [0.3, 0.4) is 0 Å². The van der Waals surface area contributed by atoms with Gasteiger partial charge in [0.1, 0.15) is 18.1 Å². The van der Waals surface area contributed by atoms with Crippen LogP contribution in [-0.2, 0) is 22.7 Å². The van der Waals surface area contributed by atoms with Crippen LogP contribution in [0.1, 0.15) is 43.7 Å². The average Bonchev–Trinajstić information content (AvgIpc) is 2.88. The number of hydrogen-bond donors (Lipinski definition) is 2. The number of nitrogens with zero attached hydrogens (tertiary/aromatic N) is 1. The minimum Gasteiger partial charge on any atom is -0.505 e. The number of carbonyl (C=O) groups excluding carboxylic acids is 1. The zero-order valence-corrected chi connectivity index (χ0v) is 21.6. The van der Waals surface area contributed by atoms with Crippen LogP contribution >= 0.6 is 0 Å². The summed E-state index contributed by atoms with van der Waals surface area (Å²) < 4.78 is 31.1. The lowest BCUT2D eigenvalue weighted by Gasteiger charge is -2.28. The van der Waals surface area contributed by atoms with Crippen LogP contribution in [0.15, 0.2) is 36.4 Å². The largest absolute Gasteiger partial charge is 0.505 e. The highest BCUT2D eigenvalue weighted by Crippen LogP contribution is 2.30. The lowest BCUT2D eigenvalue weighted by Crippen LogP contribution is -2.28. The highest BCUT2D eigenvalue weighted by molar-refractivity contribution is 5.72. The predicted molar refractivity (Wildman–Crippen MR) is 137 cm³/mol. The monoisotopic (exact) mass is 502 g/mol. The van der Waals surface area contributed by atoms with Gasteiger partial charge in [-0.3, -0.25) is 4.79 Å². The zero-order valence-electron chi connectivity index (χ0n) is 21.6. The molecule has 2 aromatic carbocycles. The number of likely N-dealkylation sites (N-methyl/N-ethyl adjacent to an activating group) is 1. The minimum atomic E-state index is -0.602. The minimum absolute atomic E-state index is 0.0186. The molecule has 8 heteroatoms. The standard InChI is InChI=1S/C28H39FN2O5/c1-20(32)31(2)13-14-35-24-5-4-6-25(15-24)36-18-22-9-7-21(8-10-22)16-30-17-23-11-12-27(33)28(29)26(23)19-34-3/h4-6,11-12,15,21-22,30,33H,7-10,13-14,16-19H2,1-3H3. The molecule has 0 aromatic heterocycles. The van der Waals surface area contributed by atoms with Crippen molar-refractivity contribution in [2.45, 2.75) is 45.8 Å². The van der Waals surface area contributed by atoms with Crippen molar-refractivity contribution in [3.05, 3.63) is 53.3 Å². The fourth-order valence-corrected chi connectivity index (χ4v) is 4.45. The quantitative estimate of drug-likeness (QED) is 0.420. The Morgan fingerprint density at radius 3 is 2.50 bits per heavy atom. The van der Waals surface area contributed by atoms with Gasteiger partial charge in [-0.05, 0) is 67.8 Å². The summed E-state index contributed by atoms with van der Waals surface area (Å²) in [6, 6.07) is 10.8. The van der Waals surface area contributed by atoms with Crippen LogP contribution in [0.5, 0.6) is 17.2 Å². The Morgan fingerprint density at radius 1 is 1.11 bits per heavy atom. The Balaban J connectivity index is 1.36. The molecule has 0 saturated heterocycles. The van der Waals surface area contributed by atoms with E-state index in [0.29, 0.717) is 43.7 Å². The lowest BCUT2D eigenvalue weighted by molar-refractivity contribution is -0.127. The fourth-order valence-electron chi connectivity index (χ4n) is 4.45. The van der Waals surface area contributed by atoms with Crippen LogP contribution < -0.4 is 14.8 Å². The van der Waals surface area contributed by atoms with Crippen molar-refractivity contribution in [1.29, 1.82) is 0 Å². The number of methoxy groups -OCH3 is 1. The molecule has 0 aliphatic heterocycles. The normalized spacial score (nSPS) is 17.6. The summed E-state index contributed by atoms with van der Waals surface area (Å²) in [6.45, 7) is 4.75. The van der Waals surface area contributed by atoms with Crippen molar-refractivity contribution in [3.63, 3.8) is 0 Å². The van der Waals surface area contributed by atoms with Crippen LogP contribution in [-0.4, -0.2) is 56.4 Å². The van der Waals surface area contributed by atoms with Gasteiger partial charge in [-0.15, -0.1) is 0 Å². The molecule has 1 fully saturated rings. The van der Waals surface area contributed by atoms with Crippen LogP contribution in [0, 0.1) is 17.7 Å². The molecular weight excluding hydrogens is 463 g/mol. The Morgan fingerprint density at radius 2 is 1.81 bits per heavy atom. The molecule has 0 radical (unpaired) electrons. The van der Waals surface area contributed by atoms with E-state index < -0.39 is 5.82 Å². The SMILES string of the molecule is COCc1c(CNCC2CCC(COc3cccc(OCCN(C)C(C)=O)c3)CC2)ccc(O)c1F. The molecule has 0 bridgehead atoms. The maximum atomic E-state index is 14.2. The molecule has 7 nitrogen and oxygen atoms in total. The number of benzene rings is 2. The summed E-state index contributed by atoms with van der Waals surface area (Å²) in [5, 5.41) is 13.1. The Kier molecular flexibility index (Phi) is 10.8. The number of hydrogen-bond acceptors (Lipinski definition) is 6. The molecule has 36 heavy (non-hydrogen) atoms. The third-order valence-corrected chi connectivity index (χ3v) is 6.85. The van der Waals surface area contributed by atoms with E-state index in [1.165, 1.54) is 20.1 Å². The van der Waals surface area contributed by atoms with E-state index in [0.717, 1.165) is 49.3 Å². The van der Waals surface area contributed by atoms with Crippen molar-refractivity contribution in [1.82, 2.24) is 10.2 Å². The second-order valence-electron chi connectivity index (χ2n) is 9.56. The van der Waals surface area contributed by atoms with E-state index in [4.69, 9.17) is 14.2 Å². The van der Waals surface area contributed by atoms with E-state index >= 15 is 0 Å². The summed E-state index contributed by atoms with van der Waals surface area (Å²) in [4.78, 5) is 12.9. The molecule has 1 aliphatic rings. The first-order valence-electron chi connectivity index (χ1n) is 12.6. The molecule has 0 heterocycles. The Bertz CT molecular complexity index is 978. The number of amides is 1. The number of ether oxygens (including phenoxy) is 3. The molecule has 1 saturated carbocycles. The van der Waals surface area contributed by atoms with Crippen molar-refractivity contribution >= 4 is 5.91 Å². The van der Waals surface area contributed by atoms with Crippen LogP contribution in [0.25, 0.3) is 0 Å². The zero-order chi connectivity index (χ0) is 25.9. The van der Waals surface area contributed by atoms with E-state index in [1.807, 2.05) is 24.3 Å². The molecule has 2 aromatic rings. The van der Waals surface area contributed by atoms with Crippen LogP contribution in [0.4, 0.5) is 4.39 Å². The van der Waals surface area contributed by atoms with Crippen molar-refractivity contribution in [2.24, 2.45) is 11.8 Å². The Labute approximate surface area is 213 Å². The number of nitrogens with one attached hydrogen (secondary N) is 1. The molecular formula is C28H39FN2O5. The maximum Gasteiger partial charge on any atom is 0.219 e. The van der Waals surface area contributed by atoms with Gasteiger partial charge in [0.2, 0.25) is 5.91 Å². The first-order valence-corrected chi connectivity index (χ1v) is 12.6. The maximum absolute atomic E-state index is 14.2. The number of phenolic OH excluding ortho intramolecular Hbond substituents is 1. The molecule has 198 valence electrons. The molecule has 0 unspecified atom stereocenters. The second-order valence-corrected chi connectivity index (χ2v) is 9.56.